The number of aryl methyl sites for hydroxylation is 1. The summed E-state index contributed by atoms with van der Waals surface area (Å²) in [5.41, 5.74) is 1.67. The van der Waals surface area contributed by atoms with Gasteiger partial charge in [0.25, 0.3) is 0 Å². The first-order chi connectivity index (χ1) is 12.2. The number of nitrogens with one attached hydrogen (secondary N) is 1. The number of anilines is 2. The number of hydrogen-bond donors (Lipinski definition) is 1. The highest BCUT2D eigenvalue weighted by atomic mass is 35.5. The van der Waals surface area contributed by atoms with Crippen LogP contribution >= 0.6 is 11.6 Å². The normalized spacial score (nSPS) is 11.1. The number of halogens is 1. The first kappa shape index (κ1) is 20.1. The Balaban J connectivity index is 2.29. The molecule has 0 aliphatic heterocycles. The summed E-state index contributed by atoms with van der Waals surface area (Å²) in [6.45, 7) is 3.62. The minimum Gasteiger partial charge on any atom is -0.492 e. The van der Waals surface area contributed by atoms with Crippen molar-refractivity contribution in [2.24, 2.45) is 0 Å². The average Bonchev–Trinajstić information content (AvgIpc) is 2.56. The molecule has 8 heteroatoms. The molecule has 140 valence electrons. The lowest BCUT2D eigenvalue weighted by Crippen LogP contribution is -2.37. The van der Waals surface area contributed by atoms with Crippen LogP contribution in [0.1, 0.15) is 12.5 Å². The number of carbonyl (C=O) groups is 1. The van der Waals surface area contributed by atoms with Crippen molar-refractivity contribution in [3.05, 3.63) is 53.1 Å². The first-order valence-electron chi connectivity index (χ1n) is 7.98. The number of ether oxygens (including phenoxy) is 1. The van der Waals surface area contributed by atoms with E-state index in [9.17, 15) is 13.2 Å². The molecule has 2 aromatic carbocycles. The van der Waals surface area contributed by atoms with Gasteiger partial charge in [-0.3, -0.25) is 9.10 Å². The average molecular weight is 397 g/mol. The van der Waals surface area contributed by atoms with Gasteiger partial charge in [0.15, 0.2) is 0 Å². The monoisotopic (exact) mass is 396 g/mol. The lowest BCUT2D eigenvalue weighted by atomic mass is 10.2. The van der Waals surface area contributed by atoms with Crippen molar-refractivity contribution >= 4 is 38.9 Å². The van der Waals surface area contributed by atoms with Crippen LogP contribution in [0.25, 0.3) is 0 Å². The van der Waals surface area contributed by atoms with Crippen LogP contribution in [0.15, 0.2) is 42.5 Å². The Morgan fingerprint density at radius 1 is 1.23 bits per heavy atom. The van der Waals surface area contributed by atoms with Crippen LogP contribution in [-0.2, 0) is 14.8 Å². The third-order valence-electron chi connectivity index (χ3n) is 3.60. The highest BCUT2D eigenvalue weighted by Gasteiger charge is 2.24. The maximum Gasteiger partial charge on any atom is 0.245 e. The molecule has 0 aliphatic carbocycles. The van der Waals surface area contributed by atoms with Crippen molar-refractivity contribution in [2.75, 3.05) is 29.0 Å². The van der Waals surface area contributed by atoms with Crippen molar-refractivity contribution in [2.45, 2.75) is 13.8 Å². The third-order valence-corrected chi connectivity index (χ3v) is 4.96. The van der Waals surface area contributed by atoms with Crippen LogP contribution < -0.4 is 14.4 Å². The Kier molecular flexibility index (Phi) is 6.50. The Hall–Kier alpha value is -2.25. The zero-order valence-corrected chi connectivity index (χ0v) is 16.4. The number of amides is 1. The number of rotatable bonds is 7. The molecule has 0 spiro atoms. The zero-order chi connectivity index (χ0) is 19.3. The van der Waals surface area contributed by atoms with E-state index in [0.29, 0.717) is 28.8 Å². The highest BCUT2D eigenvalue weighted by molar-refractivity contribution is 7.92. The molecule has 0 aromatic heterocycles. The van der Waals surface area contributed by atoms with Crippen molar-refractivity contribution in [1.82, 2.24) is 0 Å². The van der Waals surface area contributed by atoms with Crippen LogP contribution in [0, 0.1) is 6.92 Å². The van der Waals surface area contributed by atoms with Gasteiger partial charge in [-0.05, 0) is 43.7 Å². The molecule has 2 aromatic rings. The summed E-state index contributed by atoms with van der Waals surface area (Å²) in [5.74, 6) is -0.0840. The van der Waals surface area contributed by atoms with Gasteiger partial charge in [-0.25, -0.2) is 8.42 Å². The van der Waals surface area contributed by atoms with Crippen LogP contribution in [0.2, 0.25) is 5.02 Å². The molecule has 0 unspecified atom stereocenters. The zero-order valence-electron chi connectivity index (χ0n) is 14.8. The molecule has 6 nitrogen and oxygen atoms in total. The lowest BCUT2D eigenvalue weighted by Gasteiger charge is -2.24. The van der Waals surface area contributed by atoms with Gasteiger partial charge in [0.05, 0.1) is 18.6 Å². The molecule has 0 heterocycles. The summed E-state index contributed by atoms with van der Waals surface area (Å²) < 4.78 is 31.0. The SMILES string of the molecule is CCOc1ccccc1N(CC(=O)Nc1cc(Cl)ccc1C)S(C)(=O)=O. The van der Waals surface area contributed by atoms with Crippen LogP contribution in [-0.4, -0.2) is 33.7 Å². The third kappa shape index (κ3) is 5.12. The van der Waals surface area contributed by atoms with Crippen LogP contribution in [0.5, 0.6) is 5.75 Å². The number of carbonyl (C=O) groups excluding carboxylic acids is 1. The second-order valence-electron chi connectivity index (χ2n) is 5.68. The molecular formula is C18H21ClN2O4S. The molecule has 0 saturated carbocycles. The van der Waals surface area contributed by atoms with Gasteiger partial charge in [0.2, 0.25) is 15.9 Å². The van der Waals surface area contributed by atoms with Gasteiger partial charge >= 0.3 is 0 Å². The second-order valence-corrected chi connectivity index (χ2v) is 8.02. The molecule has 0 bridgehead atoms. The van der Waals surface area contributed by atoms with E-state index in [2.05, 4.69) is 5.32 Å². The second kappa shape index (κ2) is 8.42. The molecule has 0 fully saturated rings. The topological polar surface area (TPSA) is 75.7 Å². The summed E-state index contributed by atoms with van der Waals surface area (Å²) in [6, 6.07) is 11.8. The summed E-state index contributed by atoms with van der Waals surface area (Å²) in [5, 5.41) is 3.18. The van der Waals surface area contributed by atoms with Gasteiger partial charge in [0.1, 0.15) is 12.3 Å². The predicted octanol–water partition coefficient (Wildman–Crippen LogP) is 3.45. The Labute approximate surface area is 158 Å². The highest BCUT2D eigenvalue weighted by Crippen LogP contribution is 2.30. The Bertz CT molecular complexity index is 900. The molecule has 0 atom stereocenters. The first-order valence-corrected chi connectivity index (χ1v) is 10.2. The predicted molar refractivity (Wildman–Crippen MR) is 105 cm³/mol. The Morgan fingerprint density at radius 2 is 1.92 bits per heavy atom. The fourth-order valence-corrected chi connectivity index (χ4v) is 3.40. The van der Waals surface area contributed by atoms with E-state index >= 15 is 0 Å². The van der Waals surface area contributed by atoms with E-state index in [-0.39, 0.29) is 6.54 Å². The number of para-hydroxylation sites is 2. The number of hydrogen-bond acceptors (Lipinski definition) is 4. The van der Waals surface area contributed by atoms with Crippen LogP contribution in [0.4, 0.5) is 11.4 Å². The largest absolute Gasteiger partial charge is 0.492 e. The van der Waals surface area contributed by atoms with E-state index in [1.54, 1.807) is 49.4 Å². The molecule has 1 amide bonds. The summed E-state index contributed by atoms with van der Waals surface area (Å²) in [4.78, 5) is 12.5. The maximum atomic E-state index is 12.5. The molecule has 26 heavy (non-hydrogen) atoms. The lowest BCUT2D eigenvalue weighted by molar-refractivity contribution is -0.114. The summed E-state index contributed by atoms with van der Waals surface area (Å²) >= 11 is 5.96. The van der Waals surface area contributed by atoms with Gasteiger partial charge in [0, 0.05) is 10.7 Å². The smallest absolute Gasteiger partial charge is 0.245 e. The minimum atomic E-state index is -3.70. The van der Waals surface area contributed by atoms with Crippen molar-refractivity contribution in [3.63, 3.8) is 0 Å². The van der Waals surface area contributed by atoms with Crippen molar-refractivity contribution in [1.29, 1.82) is 0 Å². The van der Waals surface area contributed by atoms with Gasteiger partial charge in [-0.2, -0.15) is 0 Å². The molecule has 0 saturated heterocycles. The van der Waals surface area contributed by atoms with Crippen molar-refractivity contribution in [3.8, 4) is 5.75 Å². The minimum absolute atomic E-state index is 0.315. The fraction of sp³-hybridized carbons (Fsp3) is 0.278. The van der Waals surface area contributed by atoms with Gasteiger partial charge in [-0.1, -0.05) is 29.8 Å². The van der Waals surface area contributed by atoms with Gasteiger partial charge < -0.3 is 10.1 Å². The molecular weight excluding hydrogens is 376 g/mol. The Morgan fingerprint density at radius 3 is 2.58 bits per heavy atom. The quantitative estimate of drug-likeness (QED) is 0.777. The van der Waals surface area contributed by atoms with E-state index in [1.165, 1.54) is 0 Å². The summed E-state index contributed by atoms with van der Waals surface area (Å²) in [6.07, 6.45) is 1.05. The molecule has 2 rings (SSSR count). The molecule has 0 aliphatic rings. The molecule has 1 N–H and O–H groups in total. The number of nitrogens with zero attached hydrogens (tertiary/aromatic N) is 1. The standard InChI is InChI=1S/C18H21ClN2O4S/c1-4-25-17-8-6-5-7-16(17)21(26(3,23)24)12-18(22)20-15-11-14(19)10-9-13(15)2/h5-11H,4,12H2,1-3H3,(H,20,22). The van der Waals surface area contributed by atoms with E-state index < -0.39 is 15.9 Å². The van der Waals surface area contributed by atoms with Crippen LogP contribution in [0.3, 0.4) is 0 Å². The maximum absolute atomic E-state index is 12.5. The van der Waals surface area contributed by atoms with Gasteiger partial charge in [-0.15, -0.1) is 0 Å². The number of sulfonamides is 1. The van der Waals surface area contributed by atoms with Crippen molar-refractivity contribution < 1.29 is 17.9 Å². The van der Waals surface area contributed by atoms with E-state index in [1.807, 2.05) is 6.92 Å². The number of benzene rings is 2. The summed E-state index contributed by atoms with van der Waals surface area (Å²) in [7, 11) is -3.70. The fourth-order valence-electron chi connectivity index (χ4n) is 2.37. The van der Waals surface area contributed by atoms with E-state index in [4.69, 9.17) is 16.3 Å². The van der Waals surface area contributed by atoms with E-state index in [0.717, 1.165) is 16.1 Å². The molecule has 0 radical (unpaired) electrons.